The maximum absolute atomic E-state index is 11.4. The summed E-state index contributed by atoms with van der Waals surface area (Å²) in [4.78, 5) is 11.4. The van der Waals surface area contributed by atoms with Gasteiger partial charge >= 0.3 is 5.97 Å². The fraction of sp³-hybridized carbons (Fsp3) is 0.923. The Balaban J connectivity index is 2.57. The van der Waals surface area contributed by atoms with Gasteiger partial charge in [-0.15, -0.1) is 0 Å². The Bertz CT molecular complexity index is 270. The zero-order valence-electron chi connectivity index (χ0n) is 11.3. The summed E-state index contributed by atoms with van der Waals surface area (Å²) in [5.74, 6) is -0.0291. The smallest absolute Gasteiger partial charge is 0.323 e. The minimum atomic E-state index is -0.681. The minimum Gasteiger partial charge on any atom is -0.480 e. The summed E-state index contributed by atoms with van der Waals surface area (Å²) in [5, 5.41) is 13.7. The van der Waals surface area contributed by atoms with Gasteiger partial charge in [-0.25, -0.2) is 0 Å². The number of hydrogen-bond acceptors (Lipinski definition) is 3. The Hall–Kier alpha value is -0.220. The Labute approximate surface area is 109 Å². The maximum Gasteiger partial charge on any atom is 0.323 e. The van der Waals surface area contributed by atoms with E-state index in [2.05, 4.69) is 26.1 Å². The third kappa shape index (κ3) is 3.62. The van der Waals surface area contributed by atoms with Gasteiger partial charge in [-0.3, -0.25) is 4.79 Å². The molecule has 100 valence electrons. The Morgan fingerprint density at radius 3 is 2.65 bits per heavy atom. The number of likely N-dealkylation sites (N-methyl/N-ethyl adjacent to an activating group) is 1. The predicted octanol–water partition coefficient (Wildman–Crippen LogP) is 2.75. The van der Waals surface area contributed by atoms with Crippen LogP contribution in [0.1, 0.15) is 47.0 Å². The first-order valence-electron chi connectivity index (χ1n) is 6.55. The Morgan fingerprint density at radius 1 is 1.53 bits per heavy atom. The average Bonchev–Trinajstić information content (AvgIpc) is 2.63. The monoisotopic (exact) mass is 259 g/mol. The molecule has 2 N–H and O–H groups in total. The van der Waals surface area contributed by atoms with Gasteiger partial charge in [-0.1, -0.05) is 27.7 Å². The molecule has 4 heteroatoms. The molecule has 1 saturated carbocycles. The fourth-order valence-electron chi connectivity index (χ4n) is 2.35. The van der Waals surface area contributed by atoms with Crippen molar-refractivity contribution >= 4 is 17.7 Å². The SMILES string of the molecule is CCNC1(C(=O)O)CCC(SC(C)C(C)C)C1. The second kappa shape index (κ2) is 6.10. The van der Waals surface area contributed by atoms with Crippen LogP contribution >= 0.6 is 11.8 Å². The van der Waals surface area contributed by atoms with Crippen molar-refractivity contribution < 1.29 is 9.90 Å². The first-order chi connectivity index (χ1) is 7.91. The van der Waals surface area contributed by atoms with Crippen LogP contribution in [0, 0.1) is 5.92 Å². The molecule has 17 heavy (non-hydrogen) atoms. The molecule has 1 aliphatic rings. The summed E-state index contributed by atoms with van der Waals surface area (Å²) < 4.78 is 0. The standard InChI is InChI=1S/C13H25NO2S/c1-5-14-13(12(15)16)7-6-11(8-13)17-10(4)9(2)3/h9-11,14H,5-8H2,1-4H3,(H,15,16). The number of carboxylic acid groups (broad SMARTS) is 1. The van der Waals surface area contributed by atoms with E-state index < -0.39 is 11.5 Å². The highest BCUT2D eigenvalue weighted by Gasteiger charge is 2.45. The summed E-state index contributed by atoms with van der Waals surface area (Å²) in [6.07, 6.45) is 2.54. The molecule has 0 spiro atoms. The van der Waals surface area contributed by atoms with Crippen LogP contribution in [-0.4, -0.2) is 33.7 Å². The van der Waals surface area contributed by atoms with Crippen LogP contribution in [0.25, 0.3) is 0 Å². The summed E-state index contributed by atoms with van der Waals surface area (Å²) in [7, 11) is 0. The van der Waals surface area contributed by atoms with Crippen LogP contribution in [0.4, 0.5) is 0 Å². The first-order valence-corrected chi connectivity index (χ1v) is 7.49. The van der Waals surface area contributed by atoms with Crippen LogP contribution < -0.4 is 5.32 Å². The topological polar surface area (TPSA) is 49.3 Å². The van der Waals surface area contributed by atoms with Gasteiger partial charge in [-0.2, -0.15) is 11.8 Å². The largest absolute Gasteiger partial charge is 0.480 e. The van der Waals surface area contributed by atoms with Gasteiger partial charge in [0.05, 0.1) is 0 Å². The fourth-order valence-corrected chi connectivity index (χ4v) is 3.90. The highest BCUT2D eigenvalue weighted by Crippen LogP contribution is 2.40. The average molecular weight is 259 g/mol. The molecule has 0 aliphatic heterocycles. The van der Waals surface area contributed by atoms with Crippen molar-refractivity contribution in [3.05, 3.63) is 0 Å². The number of hydrogen-bond donors (Lipinski definition) is 2. The molecule has 0 bridgehead atoms. The molecule has 3 atom stereocenters. The molecule has 0 aromatic carbocycles. The zero-order chi connectivity index (χ0) is 13.1. The van der Waals surface area contributed by atoms with Crippen LogP contribution in [0.2, 0.25) is 0 Å². The minimum absolute atomic E-state index is 0.488. The van der Waals surface area contributed by atoms with E-state index in [9.17, 15) is 9.90 Å². The molecule has 1 fully saturated rings. The quantitative estimate of drug-likeness (QED) is 0.770. The van der Waals surface area contributed by atoms with Gasteiger partial charge in [0.1, 0.15) is 5.54 Å². The molecule has 0 heterocycles. The lowest BCUT2D eigenvalue weighted by molar-refractivity contribution is -0.144. The normalized spacial score (nSPS) is 30.8. The van der Waals surface area contributed by atoms with Crippen LogP contribution in [0.15, 0.2) is 0 Å². The van der Waals surface area contributed by atoms with Crippen LogP contribution in [0.5, 0.6) is 0 Å². The maximum atomic E-state index is 11.4. The molecule has 1 aliphatic carbocycles. The van der Waals surface area contributed by atoms with Gasteiger partial charge in [0.2, 0.25) is 0 Å². The van der Waals surface area contributed by atoms with Gasteiger partial charge < -0.3 is 10.4 Å². The Morgan fingerprint density at radius 2 is 2.18 bits per heavy atom. The molecule has 0 aromatic rings. The number of carbonyl (C=O) groups is 1. The van der Waals surface area contributed by atoms with Gasteiger partial charge in [0.15, 0.2) is 0 Å². The van der Waals surface area contributed by atoms with E-state index in [4.69, 9.17) is 0 Å². The molecule has 3 unspecified atom stereocenters. The van der Waals surface area contributed by atoms with Crippen molar-refractivity contribution in [3.63, 3.8) is 0 Å². The lowest BCUT2D eigenvalue weighted by atomic mass is 9.98. The lowest BCUT2D eigenvalue weighted by Crippen LogP contribution is -2.50. The third-order valence-electron chi connectivity index (χ3n) is 3.74. The molecular weight excluding hydrogens is 234 g/mol. The van der Waals surface area contributed by atoms with Crippen molar-refractivity contribution in [2.75, 3.05) is 6.54 Å². The molecule has 3 nitrogen and oxygen atoms in total. The van der Waals surface area contributed by atoms with Crippen LogP contribution in [-0.2, 0) is 4.79 Å². The van der Waals surface area contributed by atoms with Crippen molar-refractivity contribution in [1.82, 2.24) is 5.32 Å². The highest BCUT2D eigenvalue weighted by molar-refractivity contribution is 8.00. The summed E-state index contributed by atoms with van der Waals surface area (Å²) >= 11 is 1.96. The van der Waals surface area contributed by atoms with Gasteiger partial charge in [0, 0.05) is 10.5 Å². The zero-order valence-corrected chi connectivity index (χ0v) is 12.1. The van der Waals surface area contributed by atoms with E-state index in [0.717, 1.165) is 25.8 Å². The third-order valence-corrected chi connectivity index (χ3v) is 5.50. The molecule has 0 radical (unpaired) electrons. The van der Waals surface area contributed by atoms with Gasteiger partial charge in [-0.05, 0) is 31.7 Å². The van der Waals surface area contributed by atoms with E-state index in [1.54, 1.807) is 0 Å². The number of thioether (sulfide) groups is 1. The first kappa shape index (κ1) is 14.8. The number of nitrogens with one attached hydrogen (secondary N) is 1. The number of aliphatic carboxylic acids is 1. The number of rotatable bonds is 6. The van der Waals surface area contributed by atoms with E-state index in [1.807, 2.05) is 18.7 Å². The van der Waals surface area contributed by atoms with Crippen molar-refractivity contribution in [1.29, 1.82) is 0 Å². The van der Waals surface area contributed by atoms with Crippen molar-refractivity contribution in [3.8, 4) is 0 Å². The van der Waals surface area contributed by atoms with Crippen molar-refractivity contribution in [2.24, 2.45) is 5.92 Å². The summed E-state index contributed by atoms with van der Waals surface area (Å²) in [5.41, 5.74) is -0.664. The highest BCUT2D eigenvalue weighted by atomic mass is 32.2. The van der Waals surface area contributed by atoms with E-state index in [0.29, 0.717) is 16.4 Å². The second-order valence-corrected chi connectivity index (χ2v) is 7.05. The molecule has 0 aromatic heterocycles. The number of carboxylic acids is 1. The van der Waals surface area contributed by atoms with E-state index in [-0.39, 0.29) is 0 Å². The van der Waals surface area contributed by atoms with E-state index in [1.165, 1.54) is 0 Å². The predicted molar refractivity (Wildman–Crippen MR) is 73.6 cm³/mol. The molecule has 1 rings (SSSR count). The molecular formula is C13H25NO2S. The summed E-state index contributed by atoms with van der Waals surface area (Å²) in [6, 6.07) is 0. The van der Waals surface area contributed by atoms with Crippen LogP contribution in [0.3, 0.4) is 0 Å². The summed E-state index contributed by atoms with van der Waals surface area (Å²) in [6.45, 7) is 9.39. The second-order valence-electron chi connectivity index (χ2n) is 5.37. The van der Waals surface area contributed by atoms with Gasteiger partial charge in [0.25, 0.3) is 0 Å². The molecule has 0 amide bonds. The van der Waals surface area contributed by atoms with E-state index >= 15 is 0 Å². The lowest BCUT2D eigenvalue weighted by Gasteiger charge is -2.26. The van der Waals surface area contributed by atoms with Crippen molar-refractivity contribution in [2.45, 2.75) is 63.0 Å². The molecule has 0 saturated heterocycles. The Kier molecular flexibility index (Phi) is 5.32.